The Balaban J connectivity index is 1.44. The number of benzene rings is 1. The highest BCUT2D eigenvalue weighted by Crippen LogP contribution is 2.40. The zero-order valence-electron chi connectivity index (χ0n) is 18.9. The van der Waals surface area contributed by atoms with Crippen LogP contribution in [-0.4, -0.2) is 38.4 Å². The molecule has 0 radical (unpaired) electrons. The third-order valence-electron chi connectivity index (χ3n) is 6.44. The number of aromatic nitrogens is 3. The van der Waals surface area contributed by atoms with Gasteiger partial charge >= 0.3 is 0 Å². The number of hydrogen-bond acceptors (Lipinski definition) is 5. The van der Waals surface area contributed by atoms with E-state index in [-0.39, 0.29) is 17.9 Å². The van der Waals surface area contributed by atoms with Crippen molar-refractivity contribution in [2.24, 2.45) is 5.92 Å². The first-order chi connectivity index (χ1) is 15.8. The smallest absolute Gasteiger partial charge is 0.298 e. The Morgan fingerprint density at radius 1 is 1.21 bits per heavy atom. The number of Topliss-reactive ketones (excluding diaryl/α,β-unsaturated/α-hetero) is 1. The van der Waals surface area contributed by atoms with Crippen molar-refractivity contribution in [1.29, 1.82) is 0 Å². The van der Waals surface area contributed by atoms with Gasteiger partial charge in [-0.25, -0.2) is 4.68 Å². The number of aryl methyl sites for hydroxylation is 1. The lowest BCUT2D eigenvalue weighted by molar-refractivity contribution is -0.126. The monoisotopic (exact) mass is 448 g/mol. The molecule has 33 heavy (non-hydrogen) atoms. The molecule has 0 bridgehead atoms. The van der Waals surface area contributed by atoms with E-state index in [1.54, 1.807) is 17.7 Å². The van der Waals surface area contributed by atoms with Gasteiger partial charge in [0.1, 0.15) is 5.82 Å². The van der Waals surface area contributed by atoms with Gasteiger partial charge < -0.3 is 15.6 Å². The number of H-pyrrole nitrogens is 1. The number of nitrogens with one attached hydrogen (secondary N) is 4. The summed E-state index contributed by atoms with van der Waals surface area (Å²) >= 11 is 0. The number of para-hydroxylation sites is 1. The number of nitrogens with zero attached hydrogens (tertiary/aromatic N) is 2. The second kappa shape index (κ2) is 8.15. The van der Waals surface area contributed by atoms with Gasteiger partial charge in [-0.1, -0.05) is 32.0 Å². The van der Waals surface area contributed by atoms with Crippen LogP contribution < -0.4 is 16.0 Å². The van der Waals surface area contributed by atoms with Gasteiger partial charge in [0, 0.05) is 41.0 Å². The SMILES string of the molecule is Cc1[nH]c2ccccc2c1C(=O)C(=O)Nc1cc(C2CC2)nn1C1NC(=O)CC(C(C)C)N1. The molecule has 2 unspecified atom stereocenters. The quantitative estimate of drug-likeness (QED) is 0.341. The molecule has 172 valence electrons. The minimum Gasteiger partial charge on any atom is -0.358 e. The van der Waals surface area contributed by atoms with Crippen LogP contribution in [0.25, 0.3) is 10.9 Å². The Bertz CT molecular complexity index is 1250. The van der Waals surface area contributed by atoms with E-state index in [0.29, 0.717) is 34.8 Å². The summed E-state index contributed by atoms with van der Waals surface area (Å²) in [5.74, 6) is -0.464. The predicted octanol–water partition coefficient (Wildman–Crippen LogP) is 2.96. The molecular weight excluding hydrogens is 420 g/mol. The molecule has 1 aliphatic heterocycles. The third-order valence-corrected chi connectivity index (χ3v) is 6.44. The van der Waals surface area contributed by atoms with E-state index in [4.69, 9.17) is 0 Å². The van der Waals surface area contributed by atoms with E-state index in [1.165, 1.54) is 0 Å². The van der Waals surface area contributed by atoms with Crippen molar-refractivity contribution in [3.05, 3.63) is 47.3 Å². The van der Waals surface area contributed by atoms with Crippen LogP contribution in [0.5, 0.6) is 0 Å². The Morgan fingerprint density at radius 3 is 2.70 bits per heavy atom. The van der Waals surface area contributed by atoms with Crippen molar-refractivity contribution in [1.82, 2.24) is 25.4 Å². The van der Waals surface area contributed by atoms with Crippen molar-refractivity contribution in [3.8, 4) is 0 Å². The standard InChI is InChI=1S/C24H28N6O3/c1-12(2)17-11-20(31)28-24(26-17)30-19(10-18(29-30)14-8-9-14)27-23(33)22(32)21-13(3)25-16-7-5-4-6-15(16)21/h4-7,10,12,14,17,24-26H,8-9,11H2,1-3H3,(H,27,33)(H,28,31). The molecule has 1 aliphatic carbocycles. The number of carbonyl (C=O) groups excluding carboxylic acids is 3. The summed E-state index contributed by atoms with van der Waals surface area (Å²) in [6.45, 7) is 5.89. The van der Waals surface area contributed by atoms with Gasteiger partial charge in [-0.15, -0.1) is 0 Å². The number of hydrogen-bond donors (Lipinski definition) is 4. The minimum atomic E-state index is -0.742. The molecule has 0 spiro atoms. The van der Waals surface area contributed by atoms with Crippen molar-refractivity contribution >= 4 is 34.3 Å². The number of rotatable bonds is 6. The van der Waals surface area contributed by atoms with Crippen LogP contribution in [0.15, 0.2) is 30.3 Å². The topological polar surface area (TPSA) is 121 Å². The molecule has 5 rings (SSSR count). The van der Waals surface area contributed by atoms with Crippen molar-refractivity contribution in [2.45, 2.75) is 58.3 Å². The fraction of sp³-hybridized carbons (Fsp3) is 0.417. The van der Waals surface area contributed by atoms with Gasteiger partial charge in [-0.3, -0.25) is 19.7 Å². The van der Waals surface area contributed by atoms with Crippen LogP contribution in [0.3, 0.4) is 0 Å². The first kappa shape index (κ1) is 21.4. The third kappa shape index (κ3) is 4.04. The summed E-state index contributed by atoms with van der Waals surface area (Å²) in [5.41, 5.74) is 2.66. The first-order valence-corrected chi connectivity index (χ1v) is 11.4. The van der Waals surface area contributed by atoms with E-state index in [9.17, 15) is 14.4 Å². The minimum absolute atomic E-state index is 0.0172. The molecule has 1 saturated heterocycles. The maximum Gasteiger partial charge on any atom is 0.298 e. The highest BCUT2D eigenvalue weighted by molar-refractivity contribution is 6.48. The molecule has 1 saturated carbocycles. The average molecular weight is 449 g/mol. The lowest BCUT2D eigenvalue weighted by atomic mass is 9.99. The normalized spacial score (nSPS) is 20.8. The molecule has 3 aromatic rings. The van der Waals surface area contributed by atoms with Crippen LogP contribution in [0, 0.1) is 12.8 Å². The highest BCUT2D eigenvalue weighted by atomic mass is 16.2. The molecule has 4 N–H and O–H groups in total. The van der Waals surface area contributed by atoms with Gasteiger partial charge in [0.15, 0.2) is 6.29 Å². The summed E-state index contributed by atoms with van der Waals surface area (Å²) in [5, 5.41) is 14.4. The molecule has 2 amide bonds. The number of amides is 2. The predicted molar refractivity (Wildman–Crippen MR) is 124 cm³/mol. The van der Waals surface area contributed by atoms with Crippen molar-refractivity contribution in [2.75, 3.05) is 5.32 Å². The second-order valence-corrected chi connectivity index (χ2v) is 9.32. The van der Waals surface area contributed by atoms with E-state index in [0.717, 1.165) is 24.1 Å². The maximum absolute atomic E-state index is 13.1. The second-order valence-electron chi connectivity index (χ2n) is 9.32. The molecule has 1 aromatic carbocycles. The summed E-state index contributed by atoms with van der Waals surface area (Å²) < 4.78 is 1.58. The van der Waals surface area contributed by atoms with Crippen LogP contribution >= 0.6 is 0 Å². The van der Waals surface area contributed by atoms with Crippen LogP contribution in [0.1, 0.15) is 67.1 Å². The average Bonchev–Trinajstić information content (AvgIpc) is 3.46. The zero-order valence-corrected chi connectivity index (χ0v) is 18.9. The van der Waals surface area contributed by atoms with Gasteiger partial charge in [0.25, 0.3) is 11.7 Å². The molecule has 9 heteroatoms. The van der Waals surface area contributed by atoms with Gasteiger partial charge in [0.2, 0.25) is 5.91 Å². The largest absolute Gasteiger partial charge is 0.358 e. The Labute approximate surface area is 191 Å². The maximum atomic E-state index is 13.1. The van der Waals surface area contributed by atoms with Crippen LogP contribution in [0.2, 0.25) is 0 Å². The molecule has 2 aromatic heterocycles. The molecule has 3 heterocycles. The van der Waals surface area contributed by atoms with Gasteiger partial charge in [-0.2, -0.15) is 5.10 Å². The summed E-state index contributed by atoms with van der Waals surface area (Å²) in [7, 11) is 0. The lowest BCUT2D eigenvalue weighted by Gasteiger charge is -2.34. The molecule has 2 atom stereocenters. The summed E-state index contributed by atoms with van der Waals surface area (Å²) in [6.07, 6.45) is 1.85. The van der Waals surface area contributed by atoms with E-state index in [2.05, 4.69) is 39.9 Å². The highest BCUT2D eigenvalue weighted by Gasteiger charge is 2.34. The van der Waals surface area contributed by atoms with Crippen molar-refractivity contribution < 1.29 is 14.4 Å². The number of ketones is 1. The number of fused-ring (bicyclic) bond motifs is 1. The molecular formula is C24H28N6O3. The van der Waals surface area contributed by atoms with Crippen molar-refractivity contribution in [3.63, 3.8) is 0 Å². The Morgan fingerprint density at radius 2 is 1.97 bits per heavy atom. The fourth-order valence-electron chi connectivity index (χ4n) is 4.41. The summed E-state index contributed by atoms with van der Waals surface area (Å²) in [6, 6.07) is 9.19. The number of carbonyl (C=O) groups is 3. The fourth-order valence-corrected chi connectivity index (χ4v) is 4.41. The van der Waals surface area contributed by atoms with E-state index in [1.807, 2.05) is 24.3 Å². The van der Waals surface area contributed by atoms with Crippen LogP contribution in [-0.2, 0) is 9.59 Å². The number of anilines is 1. The van der Waals surface area contributed by atoms with Gasteiger partial charge in [-0.05, 0) is 31.7 Å². The van der Waals surface area contributed by atoms with Gasteiger partial charge in [0.05, 0.1) is 11.3 Å². The molecule has 2 aliphatic rings. The summed E-state index contributed by atoms with van der Waals surface area (Å²) in [4.78, 5) is 41.7. The number of aromatic amines is 1. The molecule has 2 fully saturated rings. The van der Waals surface area contributed by atoms with E-state index >= 15 is 0 Å². The lowest BCUT2D eigenvalue weighted by Crippen LogP contribution is -2.55. The zero-order chi connectivity index (χ0) is 23.3. The van der Waals surface area contributed by atoms with Crippen LogP contribution in [0.4, 0.5) is 5.82 Å². The molecule has 9 nitrogen and oxygen atoms in total. The first-order valence-electron chi connectivity index (χ1n) is 11.4. The van der Waals surface area contributed by atoms with E-state index < -0.39 is 18.0 Å². The Hall–Kier alpha value is -3.46. The Kier molecular flexibility index (Phi) is 5.28.